The van der Waals surface area contributed by atoms with Crippen molar-refractivity contribution in [2.45, 2.75) is 52.6 Å². The van der Waals surface area contributed by atoms with E-state index in [4.69, 9.17) is 19.0 Å². The highest BCUT2D eigenvalue weighted by molar-refractivity contribution is 6.62. The molecule has 0 aliphatic rings. The average molecular weight is 249 g/mol. The number of hydrogen-bond acceptors (Lipinski definition) is 4. The largest absolute Gasteiger partial charge is 0.505 e. The molecule has 0 aromatic rings. The van der Waals surface area contributed by atoms with Gasteiger partial charge >= 0.3 is 8.80 Å². The molecule has 0 aromatic carbocycles. The summed E-state index contributed by atoms with van der Waals surface area (Å²) in [5, 5.41) is 0. The molecule has 0 aliphatic carbocycles. The van der Waals surface area contributed by atoms with Gasteiger partial charge in [-0.1, -0.05) is 13.8 Å². The van der Waals surface area contributed by atoms with Crippen LogP contribution >= 0.6 is 0 Å². The summed E-state index contributed by atoms with van der Waals surface area (Å²) in [7, 11) is -2.61. The van der Waals surface area contributed by atoms with Gasteiger partial charge in [-0.25, -0.2) is 0 Å². The topological polar surface area (TPSA) is 53.7 Å². The molecule has 5 heteroatoms. The van der Waals surface area contributed by atoms with Crippen molar-refractivity contribution in [1.82, 2.24) is 0 Å². The maximum Gasteiger partial charge on any atom is 0.505 e. The van der Waals surface area contributed by atoms with Gasteiger partial charge in [-0.2, -0.15) is 0 Å². The highest BCUT2D eigenvalue weighted by Crippen LogP contribution is 2.29. The molecule has 0 radical (unpaired) electrons. The Morgan fingerprint density at radius 3 is 1.56 bits per heavy atom. The molecule has 0 saturated heterocycles. The van der Waals surface area contributed by atoms with E-state index in [9.17, 15) is 0 Å². The first kappa shape index (κ1) is 16.1. The third-order valence-electron chi connectivity index (χ3n) is 2.71. The van der Waals surface area contributed by atoms with Crippen LogP contribution in [0.25, 0.3) is 0 Å². The first-order valence-corrected chi connectivity index (χ1v) is 8.05. The Kier molecular flexibility index (Phi) is 8.22. The average Bonchev–Trinajstić information content (AvgIpc) is 2.28. The molecule has 0 bridgehead atoms. The van der Waals surface area contributed by atoms with Gasteiger partial charge in [0.2, 0.25) is 0 Å². The maximum atomic E-state index is 6.09. The highest BCUT2D eigenvalue weighted by Gasteiger charge is 2.48. The van der Waals surface area contributed by atoms with Crippen molar-refractivity contribution in [1.29, 1.82) is 0 Å². The van der Waals surface area contributed by atoms with Gasteiger partial charge in [-0.05, 0) is 27.2 Å². The van der Waals surface area contributed by atoms with Crippen molar-refractivity contribution in [2.24, 2.45) is 5.73 Å². The molecule has 0 aliphatic heterocycles. The molecule has 0 spiro atoms. The third kappa shape index (κ3) is 4.14. The van der Waals surface area contributed by atoms with Gasteiger partial charge in [0.05, 0.1) is 0 Å². The Bertz CT molecular complexity index is 164. The molecule has 0 heterocycles. The SMILES string of the molecule is CCO[Si](OCC)(OCC)C(C)C(N)CC. The standard InChI is InChI=1S/C11H27NO3Si/c1-6-11(12)10(5)16(13-7-2,14-8-3)15-9-4/h10-11H,6-9,12H2,1-5H3. The Labute approximate surface area is 101 Å². The van der Waals surface area contributed by atoms with Crippen molar-refractivity contribution >= 4 is 8.80 Å². The van der Waals surface area contributed by atoms with Crippen LogP contribution in [0.1, 0.15) is 41.0 Å². The predicted octanol–water partition coefficient (Wildman–Crippen LogP) is 2.16. The first-order chi connectivity index (χ1) is 7.57. The zero-order chi connectivity index (χ0) is 12.6. The van der Waals surface area contributed by atoms with E-state index in [0.717, 1.165) is 6.42 Å². The lowest BCUT2D eigenvalue weighted by Gasteiger charge is -2.35. The fourth-order valence-electron chi connectivity index (χ4n) is 1.74. The van der Waals surface area contributed by atoms with Crippen molar-refractivity contribution in [3.63, 3.8) is 0 Å². The molecular weight excluding hydrogens is 222 g/mol. The summed E-state index contributed by atoms with van der Waals surface area (Å²) in [5.41, 5.74) is 6.22. The third-order valence-corrected chi connectivity index (χ3v) is 6.32. The van der Waals surface area contributed by atoms with Crippen LogP contribution in [0.3, 0.4) is 0 Å². The lowest BCUT2D eigenvalue weighted by atomic mass is 10.2. The number of rotatable bonds is 9. The minimum Gasteiger partial charge on any atom is -0.374 e. The lowest BCUT2D eigenvalue weighted by Crippen LogP contribution is -2.54. The quantitative estimate of drug-likeness (QED) is 0.636. The van der Waals surface area contributed by atoms with Gasteiger partial charge in [0.1, 0.15) is 0 Å². The summed E-state index contributed by atoms with van der Waals surface area (Å²) < 4.78 is 17.4. The lowest BCUT2D eigenvalue weighted by molar-refractivity contribution is 0.0595. The summed E-state index contributed by atoms with van der Waals surface area (Å²) in [6, 6.07) is 0.0660. The fourth-order valence-corrected chi connectivity index (χ4v) is 4.74. The van der Waals surface area contributed by atoms with Crippen molar-refractivity contribution < 1.29 is 13.3 Å². The van der Waals surface area contributed by atoms with E-state index in [1.165, 1.54) is 0 Å². The molecular formula is C11H27NO3Si. The monoisotopic (exact) mass is 249 g/mol. The second-order valence-electron chi connectivity index (χ2n) is 3.76. The van der Waals surface area contributed by atoms with Crippen molar-refractivity contribution in [2.75, 3.05) is 19.8 Å². The molecule has 2 unspecified atom stereocenters. The zero-order valence-corrected chi connectivity index (χ0v) is 12.3. The molecule has 16 heavy (non-hydrogen) atoms. The molecule has 0 rings (SSSR count). The molecule has 2 N–H and O–H groups in total. The smallest absolute Gasteiger partial charge is 0.374 e. The second kappa shape index (κ2) is 8.19. The van der Waals surface area contributed by atoms with Gasteiger partial charge < -0.3 is 19.0 Å². The van der Waals surface area contributed by atoms with Gasteiger partial charge in [-0.15, -0.1) is 0 Å². The molecule has 2 atom stereocenters. The van der Waals surface area contributed by atoms with Crippen LogP contribution in [0.5, 0.6) is 0 Å². The Balaban J connectivity index is 4.82. The summed E-state index contributed by atoms with van der Waals surface area (Å²) in [6.07, 6.45) is 0.906. The van der Waals surface area contributed by atoms with E-state index < -0.39 is 8.80 Å². The van der Waals surface area contributed by atoms with Gasteiger partial charge in [0, 0.05) is 31.4 Å². The van der Waals surface area contributed by atoms with Crippen molar-refractivity contribution in [3.8, 4) is 0 Å². The van der Waals surface area contributed by atoms with Crippen LogP contribution in [0, 0.1) is 0 Å². The van der Waals surface area contributed by atoms with Crippen molar-refractivity contribution in [3.05, 3.63) is 0 Å². The molecule has 98 valence electrons. The van der Waals surface area contributed by atoms with E-state index in [0.29, 0.717) is 19.8 Å². The molecule has 0 saturated carbocycles. The summed E-state index contributed by atoms with van der Waals surface area (Å²) >= 11 is 0. The normalized spacial score (nSPS) is 16.1. The van der Waals surface area contributed by atoms with E-state index >= 15 is 0 Å². The first-order valence-electron chi connectivity index (χ1n) is 6.25. The number of nitrogens with two attached hydrogens (primary N) is 1. The van der Waals surface area contributed by atoms with Crippen LogP contribution in [0.4, 0.5) is 0 Å². The Morgan fingerprint density at radius 2 is 1.31 bits per heavy atom. The maximum absolute atomic E-state index is 6.09. The van der Waals surface area contributed by atoms with Crippen LogP contribution in [-0.2, 0) is 13.3 Å². The van der Waals surface area contributed by atoms with Gasteiger partial charge in [0.15, 0.2) is 0 Å². The second-order valence-corrected chi connectivity index (χ2v) is 6.75. The van der Waals surface area contributed by atoms with Crippen LogP contribution in [0.15, 0.2) is 0 Å². The van der Waals surface area contributed by atoms with Crippen LogP contribution < -0.4 is 5.73 Å². The molecule has 4 nitrogen and oxygen atoms in total. The summed E-state index contributed by atoms with van der Waals surface area (Å²) in [6.45, 7) is 11.8. The van der Waals surface area contributed by atoms with Crippen LogP contribution in [0.2, 0.25) is 5.54 Å². The molecule has 0 aromatic heterocycles. The Morgan fingerprint density at radius 1 is 0.938 bits per heavy atom. The van der Waals surface area contributed by atoms with E-state index in [1.807, 2.05) is 20.8 Å². The number of hydrogen-bond donors (Lipinski definition) is 1. The van der Waals surface area contributed by atoms with E-state index in [2.05, 4.69) is 13.8 Å². The van der Waals surface area contributed by atoms with E-state index in [-0.39, 0.29) is 11.6 Å². The van der Waals surface area contributed by atoms with Gasteiger partial charge in [-0.3, -0.25) is 0 Å². The zero-order valence-electron chi connectivity index (χ0n) is 11.3. The fraction of sp³-hybridized carbons (Fsp3) is 1.00. The van der Waals surface area contributed by atoms with Crippen LogP contribution in [-0.4, -0.2) is 34.7 Å². The predicted molar refractivity (Wildman–Crippen MR) is 68.3 cm³/mol. The molecule has 0 fully saturated rings. The molecule has 0 amide bonds. The van der Waals surface area contributed by atoms with Gasteiger partial charge in [0.25, 0.3) is 0 Å². The summed E-state index contributed by atoms with van der Waals surface area (Å²) in [5.74, 6) is 0. The minimum absolute atomic E-state index is 0.0660. The minimum atomic E-state index is -2.61. The summed E-state index contributed by atoms with van der Waals surface area (Å²) in [4.78, 5) is 0. The Hall–Kier alpha value is 0.0569. The van der Waals surface area contributed by atoms with E-state index in [1.54, 1.807) is 0 Å². The highest BCUT2D eigenvalue weighted by atomic mass is 28.4.